The number of benzene rings is 1. The smallest absolute Gasteiger partial charge is 0.321 e. The number of nitrogens with one attached hydrogen (secondary N) is 1. The molecule has 0 aliphatic carbocycles. The molecule has 1 atom stereocenters. The van der Waals surface area contributed by atoms with Gasteiger partial charge in [0, 0.05) is 25.4 Å². The van der Waals surface area contributed by atoms with Gasteiger partial charge >= 0.3 is 6.03 Å². The van der Waals surface area contributed by atoms with Gasteiger partial charge in [-0.1, -0.05) is 12.1 Å². The molecule has 3 rings (SSSR count). The minimum Gasteiger partial charge on any atom is -0.467 e. The molecule has 2 amide bonds. The Balaban J connectivity index is 1.48. The highest BCUT2D eigenvalue weighted by atomic mass is 16.5. The average Bonchev–Trinajstić information content (AvgIpc) is 3.27. The zero-order valence-electron chi connectivity index (χ0n) is 14.2. The Labute approximate surface area is 147 Å². The van der Waals surface area contributed by atoms with E-state index in [2.05, 4.69) is 5.32 Å². The molecule has 25 heavy (non-hydrogen) atoms. The number of amides is 2. The molecule has 0 bridgehead atoms. The van der Waals surface area contributed by atoms with Crippen LogP contribution in [0.5, 0.6) is 0 Å². The third-order valence-electron chi connectivity index (χ3n) is 4.38. The molecule has 1 aliphatic heterocycles. The summed E-state index contributed by atoms with van der Waals surface area (Å²) in [6.45, 7) is 2.50. The summed E-state index contributed by atoms with van der Waals surface area (Å²) in [6.07, 6.45) is 3.33. The number of likely N-dealkylation sites (tertiary alicyclic amines) is 1. The fourth-order valence-electron chi connectivity index (χ4n) is 3.04. The minimum atomic E-state index is -0.0888. The summed E-state index contributed by atoms with van der Waals surface area (Å²) in [5, 5.41) is 12.0. The van der Waals surface area contributed by atoms with Crippen LogP contribution in [0.3, 0.4) is 0 Å². The van der Waals surface area contributed by atoms with E-state index in [1.54, 1.807) is 11.2 Å². The monoisotopic (exact) mass is 344 g/mol. The molecule has 1 aliphatic rings. The van der Waals surface area contributed by atoms with Crippen LogP contribution in [0.2, 0.25) is 0 Å². The topological polar surface area (TPSA) is 74.9 Å². The van der Waals surface area contributed by atoms with E-state index in [-0.39, 0.29) is 12.6 Å². The number of furan rings is 1. The van der Waals surface area contributed by atoms with Crippen LogP contribution in [-0.2, 0) is 18.0 Å². The standard InChI is InChI=1S/C19H24N2O4/c22-9-7-15-6-8-21(12-15)19(23)20-17-4-1-3-16(11-17)13-24-14-18-5-2-10-25-18/h1-5,10-11,15,22H,6-9,12-14H2,(H,20,23). The summed E-state index contributed by atoms with van der Waals surface area (Å²) < 4.78 is 10.9. The van der Waals surface area contributed by atoms with E-state index >= 15 is 0 Å². The Morgan fingerprint density at radius 2 is 2.24 bits per heavy atom. The van der Waals surface area contributed by atoms with E-state index in [9.17, 15) is 4.79 Å². The number of hydrogen-bond donors (Lipinski definition) is 2. The highest BCUT2D eigenvalue weighted by Gasteiger charge is 2.25. The van der Waals surface area contributed by atoms with E-state index in [0.29, 0.717) is 25.7 Å². The van der Waals surface area contributed by atoms with Gasteiger partial charge in [-0.15, -0.1) is 0 Å². The van der Waals surface area contributed by atoms with E-state index in [4.69, 9.17) is 14.3 Å². The van der Waals surface area contributed by atoms with Crippen LogP contribution in [0, 0.1) is 5.92 Å². The predicted octanol–water partition coefficient (Wildman–Crippen LogP) is 3.23. The van der Waals surface area contributed by atoms with Crippen LogP contribution in [0.4, 0.5) is 10.5 Å². The van der Waals surface area contributed by atoms with E-state index in [0.717, 1.165) is 36.4 Å². The quantitative estimate of drug-likeness (QED) is 0.809. The Hall–Kier alpha value is -2.31. The van der Waals surface area contributed by atoms with Crippen molar-refractivity contribution >= 4 is 11.7 Å². The number of carbonyl (C=O) groups is 1. The van der Waals surface area contributed by atoms with E-state index < -0.39 is 0 Å². The molecule has 1 aromatic carbocycles. The number of urea groups is 1. The number of hydrogen-bond acceptors (Lipinski definition) is 4. The lowest BCUT2D eigenvalue weighted by Gasteiger charge is -2.17. The van der Waals surface area contributed by atoms with Crippen LogP contribution in [0.25, 0.3) is 0 Å². The Bertz CT molecular complexity index is 672. The zero-order valence-corrected chi connectivity index (χ0v) is 14.2. The first kappa shape index (κ1) is 17.5. The Kier molecular flexibility index (Phi) is 6.09. The molecular formula is C19H24N2O4. The van der Waals surface area contributed by atoms with E-state index in [1.807, 2.05) is 36.4 Å². The summed E-state index contributed by atoms with van der Waals surface area (Å²) in [6, 6.07) is 11.3. The van der Waals surface area contributed by atoms with Crippen molar-refractivity contribution in [2.75, 3.05) is 25.0 Å². The second-order valence-electron chi connectivity index (χ2n) is 6.32. The van der Waals surface area contributed by atoms with Crippen molar-refractivity contribution in [2.24, 2.45) is 5.92 Å². The maximum Gasteiger partial charge on any atom is 0.321 e. The van der Waals surface area contributed by atoms with Crippen molar-refractivity contribution in [2.45, 2.75) is 26.1 Å². The molecule has 134 valence electrons. The molecule has 1 aromatic heterocycles. The van der Waals surface area contributed by atoms with Gasteiger partial charge in [0.2, 0.25) is 0 Å². The van der Waals surface area contributed by atoms with Crippen LogP contribution in [-0.4, -0.2) is 35.7 Å². The number of ether oxygens (including phenoxy) is 1. The highest BCUT2D eigenvalue weighted by molar-refractivity contribution is 5.89. The van der Waals surface area contributed by atoms with Crippen LogP contribution in [0.1, 0.15) is 24.2 Å². The SMILES string of the molecule is O=C(Nc1cccc(COCc2ccco2)c1)N1CCC(CCO)C1. The molecule has 2 N–H and O–H groups in total. The van der Waals surface area contributed by atoms with Crippen molar-refractivity contribution in [3.63, 3.8) is 0 Å². The summed E-state index contributed by atoms with van der Waals surface area (Å²) in [5.74, 6) is 1.19. The molecule has 1 saturated heterocycles. The number of rotatable bonds is 7. The first-order chi connectivity index (χ1) is 12.2. The van der Waals surface area contributed by atoms with Gasteiger partial charge in [0.25, 0.3) is 0 Å². The number of nitrogens with zero attached hydrogens (tertiary/aromatic N) is 1. The highest BCUT2D eigenvalue weighted by Crippen LogP contribution is 2.20. The fraction of sp³-hybridized carbons (Fsp3) is 0.421. The van der Waals surface area contributed by atoms with Gasteiger partial charge in [0.1, 0.15) is 12.4 Å². The molecular weight excluding hydrogens is 320 g/mol. The fourth-order valence-corrected chi connectivity index (χ4v) is 3.04. The summed E-state index contributed by atoms with van der Waals surface area (Å²) in [4.78, 5) is 14.2. The molecule has 1 fully saturated rings. The number of carbonyl (C=O) groups excluding carboxylic acids is 1. The minimum absolute atomic E-state index is 0.0888. The van der Waals surface area contributed by atoms with Crippen molar-refractivity contribution in [1.82, 2.24) is 4.90 Å². The number of aliphatic hydroxyl groups is 1. The van der Waals surface area contributed by atoms with Crippen LogP contribution >= 0.6 is 0 Å². The maximum absolute atomic E-state index is 12.4. The molecule has 0 radical (unpaired) electrons. The van der Waals surface area contributed by atoms with Crippen molar-refractivity contribution in [3.8, 4) is 0 Å². The lowest BCUT2D eigenvalue weighted by atomic mass is 10.1. The van der Waals surface area contributed by atoms with Crippen LogP contribution < -0.4 is 5.32 Å². The summed E-state index contributed by atoms with van der Waals surface area (Å²) >= 11 is 0. The first-order valence-corrected chi connectivity index (χ1v) is 8.60. The molecule has 6 nitrogen and oxygen atoms in total. The maximum atomic E-state index is 12.4. The predicted molar refractivity (Wildman–Crippen MR) is 94.0 cm³/mol. The lowest BCUT2D eigenvalue weighted by Crippen LogP contribution is -2.33. The second-order valence-corrected chi connectivity index (χ2v) is 6.32. The summed E-state index contributed by atoms with van der Waals surface area (Å²) in [5.41, 5.74) is 1.75. The third-order valence-corrected chi connectivity index (χ3v) is 4.38. The van der Waals surface area contributed by atoms with E-state index in [1.165, 1.54) is 0 Å². The third kappa shape index (κ3) is 5.08. The van der Waals surface area contributed by atoms with Gasteiger partial charge in [-0.25, -0.2) is 4.79 Å². The molecule has 1 unspecified atom stereocenters. The van der Waals surface area contributed by atoms with Gasteiger partial charge in [-0.3, -0.25) is 0 Å². The molecule has 6 heteroatoms. The van der Waals surface area contributed by atoms with Gasteiger partial charge < -0.3 is 24.5 Å². The molecule has 0 saturated carbocycles. The van der Waals surface area contributed by atoms with Crippen LogP contribution in [0.15, 0.2) is 47.1 Å². The van der Waals surface area contributed by atoms with Gasteiger partial charge in [0.15, 0.2) is 0 Å². The molecule has 0 spiro atoms. The largest absolute Gasteiger partial charge is 0.467 e. The number of aliphatic hydroxyl groups excluding tert-OH is 1. The molecule has 2 heterocycles. The van der Waals surface area contributed by atoms with Crippen molar-refractivity contribution < 1.29 is 19.1 Å². The van der Waals surface area contributed by atoms with Gasteiger partial charge in [-0.05, 0) is 48.6 Å². The van der Waals surface area contributed by atoms with Crippen molar-refractivity contribution in [3.05, 3.63) is 54.0 Å². The van der Waals surface area contributed by atoms with Crippen molar-refractivity contribution in [1.29, 1.82) is 0 Å². The number of anilines is 1. The average molecular weight is 344 g/mol. The lowest BCUT2D eigenvalue weighted by molar-refractivity contribution is 0.0930. The Morgan fingerprint density at radius 3 is 3.04 bits per heavy atom. The van der Waals surface area contributed by atoms with Gasteiger partial charge in [-0.2, -0.15) is 0 Å². The first-order valence-electron chi connectivity index (χ1n) is 8.60. The normalized spacial score (nSPS) is 17.0. The van der Waals surface area contributed by atoms with Gasteiger partial charge in [0.05, 0.1) is 12.9 Å². The zero-order chi connectivity index (χ0) is 17.5. The second kappa shape index (κ2) is 8.69. The Morgan fingerprint density at radius 1 is 1.32 bits per heavy atom. The molecule has 2 aromatic rings. The summed E-state index contributed by atoms with van der Waals surface area (Å²) in [7, 11) is 0.